The molecule has 0 aliphatic carbocycles. The molecule has 0 spiro atoms. The monoisotopic (exact) mass is 547 g/mol. The quantitative estimate of drug-likeness (QED) is 0.280. The van der Waals surface area contributed by atoms with E-state index in [9.17, 15) is 79.4 Å². The molecular weight excluding hydrogens is 537 g/mol. The number of amides is 1. The standard InChI is InChI=1S/C13H10F17N3O/c1-2-3-4-31-5(34)6(14,15)8(18,19)32-9(20,21)7(16,17)10(22,23)33(13(28,29)30)12(26,27)11(32,24)25/h2-4H2,1H3,(H,31,34). The van der Waals surface area contributed by atoms with Crippen LogP contribution in [-0.2, 0) is 4.79 Å². The second-order valence-electron chi connectivity index (χ2n) is 6.60. The minimum Gasteiger partial charge on any atom is -0.351 e. The zero-order valence-corrected chi connectivity index (χ0v) is 15.8. The van der Waals surface area contributed by atoms with E-state index in [0.717, 1.165) is 5.32 Å². The van der Waals surface area contributed by atoms with Gasteiger partial charge in [-0.1, -0.05) is 18.2 Å². The number of unbranched alkanes of at least 4 members (excludes halogenated alkanes) is 1. The van der Waals surface area contributed by atoms with Crippen molar-refractivity contribution in [3.8, 4) is 0 Å². The molecule has 0 atom stereocenters. The molecule has 1 aliphatic rings. The van der Waals surface area contributed by atoms with Crippen molar-refractivity contribution in [2.75, 3.05) is 6.54 Å². The van der Waals surface area contributed by atoms with Gasteiger partial charge in [-0.25, -0.2) is 0 Å². The molecule has 1 N–H and O–H groups in total. The lowest BCUT2D eigenvalue weighted by Gasteiger charge is -2.44. The van der Waals surface area contributed by atoms with Crippen molar-refractivity contribution in [1.82, 2.24) is 15.1 Å². The molecule has 0 aromatic heterocycles. The number of halogens is 17. The molecule has 1 fully saturated rings. The van der Waals surface area contributed by atoms with E-state index in [-0.39, 0.29) is 12.8 Å². The van der Waals surface area contributed by atoms with Gasteiger partial charge in [0.2, 0.25) is 0 Å². The lowest BCUT2D eigenvalue weighted by atomic mass is 10.1. The van der Waals surface area contributed by atoms with Gasteiger partial charge >= 0.3 is 48.4 Å². The van der Waals surface area contributed by atoms with Gasteiger partial charge in [0.1, 0.15) is 0 Å². The topological polar surface area (TPSA) is 35.6 Å². The smallest absolute Gasteiger partial charge is 0.351 e. The predicted octanol–water partition coefficient (Wildman–Crippen LogP) is 5.27. The molecule has 34 heavy (non-hydrogen) atoms. The highest BCUT2D eigenvalue weighted by molar-refractivity contribution is 5.84. The van der Waals surface area contributed by atoms with Crippen molar-refractivity contribution in [3.63, 3.8) is 0 Å². The summed E-state index contributed by atoms with van der Waals surface area (Å²) in [6, 6.07) is -40.7. The predicted molar refractivity (Wildman–Crippen MR) is 72.3 cm³/mol. The number of nitrogens with zero attached hydrogens (tertiary/aromatic N) is 2. The molecule has 1 amide bonds. The third-order valence-corrected chi connectivity index (χ3v) is 4.25. The van der Waals surface area contributed by atoms with Crippen molar-refractivity contribution in [3.05, 3.63) is 0 Å². The van der Waals surface area contributed by atoms with Crippen molar-refractivity contribution in [2.24, 2.45) is 0 Å². The molecule has 202 valence electrons. The van der Waals surface area contributed by atoms with Crippen molar-refractivity contribution in [2.45, 2.75) is 68.1 Å². The van der Waals surface area contributed by atoms with E-state index in [4.69, 9.17) is 0 Å². The van der Waals surface area contributed by atoms with Crippen LogP contribution in [0.5, 0.6) is 0 Å². The Kier molecular flexibility index (Phi) is 7.22. The molecule has 0 saturated carbocycles. The summed E-state index contributed by atoms with van der Waals surface area (Å²) in [4.78, 5) is 2.27. The Hall–Kier alpha value is -1.80. The van der Waals surface area contributed by atoms with E-state index < -0.39 is 70.6 Å². The Labute approximate surface area is 176 Å². The first kappa shape index (κ1) is 30.2. The number of carbonyl (C=O) groups excluding carboxylic acids is 1. The van der Waals surface area contributed by atoms with Gasteiger partial charge in [-0.05, 0) is 6.42 Å². The van der Waals surface area contributed by atoms with Crippen molar-refractivity contribution >= 4 is 5.91 Å². The summed E-state index contributed by atoms with van der Waals surface area (Å²) in [5, 5.41) is 0.831. The van der Waals surface area contributed by atoms with Crippen LogP contribution in [0.15, 0.2) is 0 Å². The van der Waals surface area contributed by atoms with Gasteiger partial charge < -0.3 is 5.32 Å². The zero-order valence-electron chi connectivity index (χ0n) is 15.8. The molecule has 1 rings (SSSR count). The van der Waals surface area contributed by atoms with Crippen LogP contribution in [0.25, 0.3) is 0 Å². The van der Waals surface area contributed by atoms with Crippen LogP contribution >= 0.6 is 0 Å². The van der Waals surface area contributed by atoms with Crippen LogP contribution in [0.1, 0.15) is 19.8 Å². The molecule has 1 saturated heterocycles. The fourth-order valence-electron chi connectivity index (χ4n) is 2.52. The van der Waals surface area contributed by atoms with Crippen LogP contribution in [0.3, 0.4) is 0 Å². The maximum absolute atomic E-state index is 14.1. The molecule has 21 heteroatoms. The van der Waals surface area contributed by atoms with Crippen LogP contribution < -0.4 is 5.32 Å². The molecule has 0 bridgehead atoms. The van der Waals surface area contributed by atoms with E-state index in [2.05, 4.69) is 0 Å². The lowest BCUT2D eigenvalue weighted by molar-refractivity contribution is -0.476. The minimum absolute atomic E-state index is 0.0192. The van der Waals surface area contributed by atoms with Crippen LogP contribution in [0.4, 0.5) is 74.6 Å². The van der Waals surface area contributed by atoms with Crippen LogP contribution in [-0.4, -0.2) is 70.6 Å². The highest BCUT2D eigenvalue weighted by Gasteiger charge is 2.95. The lowest BCUT2D eigenvalue weighted by Crippen LogP contribution is -2.75. The summed E-state index contributed by atoms with van der Waals surface area (Å²) < 4.78 is 232. The van der Waals surface area contributed by atoms with Gasteiger partial charge in [0.05, 0.1) is 0 Å². The molecule has 0 aromatic rings. The Morgan fingerprint density at radius 1 is 0.706 bits per heavy atom. The molecular formula is C13H10F17N3O. The highest BCUT2D eigenvalue weighted by Crippen LogP contribution is 2.65. The third kappa shape index (κ3) is 3.91. The molecule has 4 nitrogen and oxygen atoms in total. The summed E-state index contributed by atoms with van der Waals surface area (Å²) in [5.41, 5.74) is 0. The Morgan fingerprint density at radius 2 is 1.09 bits per heavy atom. The van der Waals surface area contributed by atoms with Gasteiger partial charge in [-0.2, -0.15) is 74.6 Å². The number of hydrogen-bond donors (Lipinski definition) is 1. The van der Waals surface area contributed by atoms with E-state index >= 15 is 0 Å². The largest absolute Gasteiger partial charge is 0.469 e. The number of hydrogen-bond acceptors (Lipinski definition) is 3. The Morgan fingerprint density at radius 3 is 1.47 bits per heavy atom. The van der Waals surface area contributed by atoms with E-state index in [1.165, 1.54) is 6.92 Å². The van der Waals surface area contributed by atoms with Gasteiger partial charge in [0.15, 0.2) is 0 Å². The molecule has 0 unspecified atom stereocenters. The van der Waals surface area contributed by atoms with Gasteiger partial charge in [0, 0.05) is 6.54 Å². The average Bonchev–Trinajstić information content (AvgIpc) is 2.59. The second-order valence-corrected chi connectivity index (χ2v) is 6.60. The molecule has 1 aliphatic heterocycles. The number of carbonyl (C=O) groups is 1. The number of nitrogens with one attached hydrogen (secondary N) is 1. The summed E-state index contributed by atoms with van der Waals surface area (Å²) in [6.45, 7) is 0.286. The SMILES string of the molecule is CCCCNC(=O)C(F)(F)C(F)(F)N1C(F)(F)C(F)(F)N(C(F)(F)F)C(F)(F)C(F)(F)C1(F)F. The normalized spacial score (nSPS) is 25.0. The zero-order chi connectivity index (χ0) is 27.6. The summed E-state index contributed by atoms with van der Waals surface area (Å²) in [5.74, 6) is -18.9. The minimum atomic E-state index is -8.27. The molecule has 0 aromatic carbocycles. The Bertz CT molecular complexity index is 777. The van der Waals surface area contributed by atoms with E-state index in [1.54, 1.807) is 0 Å². The first-order valence-corrected chi connectivity index (χ1v) is 8.32. The van der Waals surface area contributed by atoms with Gasteiger partial charge in [-0.3, -0.25) is 4.79 Å². The summed E-state index contributed by atoms with van der Waals surface area (Å²) >= 11 is 0. The summed E-state index contributed by atoms with van der Waals surface area (Å²) in [6.07, 6.45) is -8.07. The molecule has 0 radical (unpaired) electrons. The first-order valence-electron chi connectivity index (χ1n) is 8.32. The van der Waals surface area contributed by atoms with E-state index in [0.29, 0.717) is 0 Å². The average molecular weight is 547 g/mol. The fourth-order valence-corrected chi connectivity index (χ4v) is 2.52. The van der Waals surface area contributed by atoms with Crippen molar-refractivity contribution < 1.29 is 79.4 Å². The maximum atomic E-state index is 14.1. The Balaban J connectivity index is 3.99. The highest BCUT2D eigenvalue weighted by atomic mass is 19.4. The van der Waals surface area contributed by atoms with E-state index in [1.807, 2.05) is 0 Å². The summed E-state index contributed by atoms with van der Waals surface area (Å²) in [7, 11) is 0. The number of alkyl halides is 17. The third-order valence-electron chi connectivity index (χ3n) is 4.25. The van der Waals surface area contributed by atoms with Gasteiger partial charge in [0.25, 0.3) is 5.91 Å². The van der Waals surface area contributed by atoms with Gasteiger partial charge in [-0.15, -0.1) is 4.90 Å². The maximum Gasteiger partial charge on any atom is 0.469 e. The first-order chi connectivity index (χ1) is 14.7. The van der Waals surface area contributed by atoms with Crippen LogP contribution in [0, 0.1) is 0 Å². The fraction of sp³-hybridized carbons (Fsp3) is 0.923. The van der Waals surface area contributed by atoms with Crippen molar-refractivity contribution in [1.29, 1.82) is 0 Å². The second kappa shape index (κ2) is 8.12. The molecule has 1 heterocycles. The number of rotatable bonds is 6. The van der Waals surface area contributed by atoms with Crippen LogP contribution in [0.2, 0.25) is 0 Å².